The predicted octanol–water partition coefficient (Wildman–Crippen LogP) is 4.22. The smallest absolute Gasteiger partial charge is 0.258 e. The molecule has 2 heterocycles. The van der Waals surface area contributed by atoms with Crippen molar-refractivity contribution < 1.29 is 0 Å². The fraction of sp³-hybridized carbons (Fsp3) is 0.263. The zero-order valence-electron chi connectivity index (χ0n) is 13.9. The molecule has 0 unspecified atom stereocenters. The summed E-state index contributed by atoms with van der Waals surface area (Å²) >= 11 is 1.76. The number of aryl methyl sites for hydroxylation is 2. The number of hydrogen-bond donors (Lipinski definition) is 0. The lowest BCUT2D eigenvalue weighted by atomic mass is 10.0. The molecular formula is C19H20N2OS. The van der Waals surface area contributed by atoms with E-state index in [-0.39, 0.29) is 5.56 Å². The number of hydrogen-bond acceptors (Lipinski definition) is 3. The molecule has 0 fully saturated rings. The first kappa shape index (κ1) is 15.8. The third-order valence-electron chi connectivity index (χ3n) is 4.29. The van der Waals surface area contributed by atoms with Crippen molar-refractivity contribution in [1.82, 2.24) is 9.38 Å². The van der Waals surface area contributed by atoms with Gasteiger partial charge in [-0.3, -0.25) is 9.20 Å². The average molecular weight is 324 g/mol. The van der Waals surface area contributed by atoms with Crippen molar-refractivity contribution in [1.29, 1.82) is 0 Å². The average Bonchev–Trinajstić information content (AvgIpc) is 2.53. The van der Waals surface area contributed by atoms with Gasteiger partial charge in [-0.15, -0.1) is 11.8 Å². The van der Waals surface area contributed by atoms with Crippen LogP contribution >= 0.6 is 11.8 Å². The van der Waals surface area contributed by atoms with Gasteiger partial charge < -0.3 is 0 Å². The standard InChI is InChI=1S/C19H20N2OS/c1-12-9-13(2)15(4)19(14(12)3)23-11-16-10-18(22)21-8-6-5-7-17(21)20-16/h5-10H,11H2,1-4H3. The van der Waals surface area contributed by atoms with Crippen LogP contribution in [0.2, 0.25) is 0 Å². The molecule has 0 amide bonds. The maximum absolute atomic E-state index is 12.2. The summed E-state index contributed by atoms with van der Waals surface area (Å²) in [7, 11) is 0. The molecule has 3 aromatic rings. The molecule has 0 bridgehead atoms. The van der Waals surface area contributed by atoms with Crippen molar-refractivity contribution in [3.05, 3.63) is 74.8 Å². The highest BCUT2D eigenvalue weighted by Crippen LogP contribution is 2.32. The van der Waals surface area contributed by atoms with Gasteiger partial charge in [0.1, 0.15) is 5.65 Å². The highest BCUT2D eigenvalue weighted by molar-refractivity contribution is 7.98. The maximum Gasteiger partial charge on any atom is 0.258 e. The van der Waals surface area contributed by atoms with Crippen LogP contribution in [0.1, 0.15) is 27.9 Å². The Labute approximate surface area is 140 Å². The Morgan fingerprint density at radius 2 is 1.74 bits per heavy atom. The van der Waals surface area contributed by atoms with Gasteiger partial charge in [-0.2, -0.15) is 0 Å². The minimum atomic E-state index is -0.0277. The molecule has 0 aliphatic rings. The van der Waals surface area contributed by atoms with Crippen LogP contribution in [0.3, 0.4) is 0 Å². The molecular weight excluding hydrogens is 304 g/mol. The zero-order chi connectivity index (χ0) is 16.6. The Balaban J connectivity index is 1.94. The molecule has 3 nitrogen and oxygen atoms in total. The third kappa shape index (κ3) is 3.04. The van der Waals surface area contributed by atoms with Gasteiger partial charge in [0.15, 0.2) is 0 Å². The van der Waals surface area contributed by atoms with E-state index in [2.05, 4.69) is 38.7 Å². The summed E-state index contributed by atoms with van der Waals surface area (Å²) in [6, 6.07) is 9.47. The first-order chi connectivity index (χ1) is 11.0. The first-order valence-corrected chi connectivity index (χ1v) is 8.63. The van der Waals surface area contributed by atoms with Crippen LogP contribution in [0.5, 0.6) is 0 Å². The van der Waals surface area contributed by atoms with Crippen LogP contribution in [0.25, 0.3) is 5.65 Å². The van der Waals surface area contributed by atoms with E-state index in [4.69, 9.17) is 0 Å². The number of benzene rings is 1. The van der Waals surface area contributed by atoms with Crippen LogP contribution in [0.15, 0.2) is 46.2 Å². The molecule has 0 saturated heterocycles. The van der Waals surface area contributed by atoms with Gasteiger partial charge >= 0.3 is 0 Å². The second-order valence-corrected chi connectivity index (χ2v) is 6.88. The minimum Gasteiger partial charge on any atom is -0.269 e. The molecule has 0 saturated carbocycles. The van der Waals surface area contributed by atoms with E-state index in [1.807, 2.05) is 18.2 Å². The van der Waals surface area contributed by atoms with E-state index in [1.165, 1.54) is 27.1 Å². The Morgan fingerprint density at radius 3 is 2.43 bits per heavy atom. The van der Waals surface area contributed by atoms with Crippen molar-refractivity contribution in [2.75, 3.05) is 0 Å². The van der Waals surface area contributed by atoms with E-state index in [0.29, 0.717) is 11.4 Å². The lowest BCUT2D eigenvalue weighted by molar-refractivity contribution is 1.01. The summed E-state index contributed by atoms with van der Waals surface area (Å²) in [6.07, 6.45) is 1.75. The molecule has 0 aliphatic carbocycles. The van der Waals surface area contributed by atoms with E-state index in [0.717, 1.165) is 5.69 Å². The van der Waals surface area contributed by atoms with Crippen LogP contribution in [-0.4, -0.2) is 9.38 Å². The highest BCUT2D eigenvalue weighted by atomic mass is 32.2. The van der Waals surface area contributed by atoms with Gasteiger partial charge in [-0.05, 0) is 62.1 Å². The monoisotopic (exact) mass is 324 g/mol. The molecule has 0 radical (unpaired) electrons. The maximum atomic E-state index is 12.2. The minimum absolute atomic E-state index is 0.0277. The van der Waals surface area contributed by atoms with Crippen LogP contribution < -0.4 is 5.56 Å². The molecule has 23 heavy (non-hydrogen) atoms. The summed E-state index contributed by atoms with van der Waals surface area (Å²) in [5.74, 6) is 0.700. The van der Waals surface area contributed by atoms with Gasteiger partial charge in [0.25, 0.3) is 5.56 Å². The second kappa shape index (κ2) is 6.20. The Morgan fingerprint density at radius 1 is 1.04 bits per heavy atom. The van der Waals surface area contributed by atoms with Crippen molar-refractivity contribution in [2.24, 2.45) is 0 Å². The number of rotatable bonds is 3. The number of nitrogens with zero attached hydrogens (tertiary/aromatic N) is 2. The summed E-state index contributed by atoms with van der Waals surface area (Å²) in [4.78, 5) is 18.1. The van der Waals surface area contributed by atoms with Crippen LogP contribution in [0, 0.1) is 27.7 Å². The highest BCUT2D eigenvalue weighted by Gasteiger charge is 2.10. The third-order valence-corrected chi connectivity index (χ3v) is 5.63. The molecule has 0 N–H and O–H groups in total. The molecule has 0 atom stereocenters. The molecule has 4 heteroatoms. The number of fused-ring (bicyclic) bond motifs is 1. The van der Waals surface area contributed by atoms with Gasteiger partial charge in [-0.25, -0.2) is 4.98 Å². The van der Waals surface area contributed by atoms with Crippen molar-refractivity contribution in [3.63, 3.8) is 0 Å². The number of pyridine rings is 1. The summed E-state index contributed by atoms with van der Waals surface area (Å²) < 4.78 is 1.57. The van der Waals surface area contributed by atoms with Gasteiger partial charge in [0, 0.05) is 22.9 Å². The fourth-order valence-corrected chi connectivity index (χ4v) is 3.92. The van der Waals surface area contributed by atoms with Crippen molar-refractivity contribution in [2.45, 2.75) is 38.3 Å². The fourth-order valence-electron chi connectivity index (χ4n) is 2.72. The molecule has 0 aliphatic heterocycles. The van der Waals surface area contributed by atoms with Crippen LogP contribution in [0.4, 0.5) is 0 Å². The Bertz CT molecular complexity index is 918. The summed E-state index contributed by atoms with van der Waals surface area (Å²) in [5, 5.41) is 0. The van der Waals surface area contributed by atoms with Crippen molar-refractivity contribution in [3.8, 4) is 0 Å². The SMILES string of the molecule is Cc1cc(C)c(C)c(SCc2cc(=O)n3ccccc3n2)c1C. The Kier molecular flexibility index (Phi) is 4.26. The van der Waals surface area contributed by atoms with Gasteiger partial charge in [0.2, 0.25) is 0 Å². The molecule has 118 valence electrons. The lowest BCUT2D eigenvalue weighted by Crippen LogP contribution is -2.14. The molecule has 0 spiro atoms. The predicted molar refractivity (Wildman–Crippen MR) is 96.4 cm³/mol. The summed E-state index contributed by atoms with van der Waals surface area (Å²) in [5.41, 5.74) is 6.74. The van der Waals surface area contributed by atoms with Gasteiger partial charge in [0.05, 0.1) is 5.69 Å². The number of thioether (sulfide) groups is 1. The van der Waals surface area contributed by atoms with Crippen LogP contribution in [-0.2, 0) is 5.75 Å². The molecule has 1 aromatic carbocycles. The summed E-state index contributed by atoms with van der Waals surface area (Å²) in [6.45, 7) is 8.61. The molecule has 2 aromatic heterocycles. The van der Waals surface area contributed by atoms with E-state index in [9.17, 15) is 4.79 Å². The molecule has 3 rings (SSSR count). The van der Waals surface area contributed by atoms with Crippen molar-refractivity contribution >= 4 is 17.4 Å². The van der Waals surface area contributed by atoms with E-state index < -0.39 is 0 Å². The zero-order valence-corrected chi connectivity index (χ0v) is 14.7. The van der Waals surface area contributed by atoms with E-state index in [1.54, 1.807) is 28.4 Å². The normalized spacial score (nSPS) is 11.1. The largest absolute Gasteiger partial charge is 0.269 e. The van der Waals surface area contributed by atoms with Gasteiger partial charge in [-0.1, -0.05) is 12.1 Å². The second-order valence-electron chi connectivity index (χ2n) is 5.89. The first-order valence-electron chi connectivity index (χ1n) is 7.65. The lowest BCUT2D eigenvalue weighted by Gasteiger charge is -2.14. The topological polar surface area (TPSA) is 34.4 Å². The number of aromatic nitrogens is 2. The van der Waals surface area contributed by atoms with E-state index >= 15 is 0 Å². The Hall–Kier alpha value is -2.07. The quantitative estimate of drug-likeness (QED) is 0.677.